The predicted octanol–water partition coefficient (Wildman–Crippen LogP) is 1.24. The standard InChI is InChI=1S/C7H15O2S/c1-4-5-7(6(2)3)10(8)9/h6-7,10H,2,4-5H2,1,3H3. The van der Waals surface area contributed by atoms with E-state index in [-0.39, 0.29) is 11.2 Å². The minimum atomic E-state index is -2.27. The molecule has 2 unspecified atom stereocenters. The van der Waals surface area contributed by atoms with Crippen molar-refractivity contribution < 1.29 is 8.42 Å². The molecule has 0 aromatic rings. The van der Waals surface area contributed by atoms with Crippen molar-refractivity contribution in [1.82, 2.24) is 0 Å². The van der Waals surface area contributed by atoms with Gasteiger partial charge in [-0.2, -0.15) is 0 Å². The highest BCUT2D eigenvalue weighted by molar-refractivity contribution is 7.73. The first-order chi connectivity index (χ1) is 4.59. The van der Waals surface area contributed by atoms with Gasteiger partial charge in [0.05, 0.1) is 5.25 Å². The maximum Gasteiger partial charge on any atom is 0.143 e. The Bertz CT molecular complexity index is 142. The third-order valence-electron chi connectivity index (χ3n) is 1.51. The van der Waals surface area contributed by atoms with Gasteiger partial charge >= 0.3 is 0 Å². The molecule has 0 saturated carbocycles. The van der Waals surface area contributed by atoms with Crippen molar-refractivity contribution in [3.63, 3.8) is 0 Å². The lowest BCUT2D eigenvalue weighted by molar-refractivity contribution is 0.547. The fraction of sp³-hybridized carbons (Fsp3) is 0.857. The molecule has 0 saturated heterocycles. The van der Waals surface area contributed by atoms with Crippen LogP contribution in [0.4, 0.5) is 0 Å². The number of hydrogen-bond acceptors (Lipinski definition) is 2. The van der Waals surface area contributed by atoms with E-state index in [1.807, 2.05) is 13.8 Å². The van der Waals surface area contributed by atoms with Crippen LogP contribution in [0.3, 0.4) is 0 Å². The van der Waals surface area contributed by atoms with Gasteiger partial charge in [0.25, 0.3) is 0 Å². The summed E-state index contributed by atoms with van der Waals surface area (Å²) >= 11 is 0. The van der Waals surface area contributed by atoms with Crippen molar-refractivity contribution in [1.29, 1.82) is 0 Å². The lowest BCUT2D eigenvalue weighted by Crippen LogP contribution is -2.16. The second-order valence-corrected chi connectivity index (χ2v) is 3.85. The highest BCUT2D eigenvalue weighted by atomic mass is 32.2. The summed E-state index contributed by atoms with van der Waals surface area (Å²) in [6.45, 7) is 7.51. The first kappa shape index (κ1) is 9.95. The van der Waals surface area contributed by atoms with E-state index in [2.05, 4.69) is 6.92 Å². The van der Waals surface area contributed by atoms with E-state index >= 15 is 0 Å². The Morgan fingerprint density at radius 3 is 2.10 bits per heavy atom. The van der Waals surface area contributed by atoms with Crippen molar-refractivity contribution in [2.45, 2.75) is 31.9 Å². The molecule has 0 aliphatic rings. The molecule has 0 fully saturated rings. The Balaban J connectivity index is 3.98. The number of thiol groups is 1. The molecule has 61 valence electrons. The van der Waals surface area contributed by atoms with E-state index < -0.39 is 10.7 Å². The summed E-state index contributed by atoms with van der Waals surface area (Å²) in [5.41, 5.74) is 0. The summed E-state index contributed by atoms with van der Waals surface area (Å²) in [6.07, 6.45) is 1.65. The molecule has 0 aromatic heterocycles. The second-order valence-electron chi connectivity index (χ2n) is 2.62. The van der Waals surface area contributed by atoms with Gasteiger partial charge in [-0.15, -0.1) is 0 Å². The SMILES string of the molecule is [CH2]C(C)C(CCC)[SH](=O)=O. The summed E-state index contributed by atoms with van der Waals surface area (Å²) in [5.74, 6) is 0.0149. The fourth-order valence-electron chi connectivity index (χ4n) is 0.893. The van der Waals surface area contributed by atoms with Gasteiger partial charge in [0.15, 0.2) is 0 Å². The topological polar surface area (TPSA) is 34.1 Å². The predicted molar refractivity (Wildman–Crippen MR) is 43.5 cm³/mol. The molecule has 3 heteroatoms. The van der Waals surface area contributed by atoms with Crippen LogP contribution in [-0.2, 0) is 10.7 Å². The zero-order valence-corrected chi connectivity index (χ0v) is 7.43. The summed E-state index contributed by atoms with van der Waals surface area (Å²) in [5, 5.41) is -0.222. The summed E-state index contributed by atoms with van der Waals surface area (Å²) in [4.78, 5) is 0. The molecule has 0 spiro atoms. The molecule has 0 aliphatic heterocycles. The highest BCUT2D eigenvalue weighted by Crippen LogP contribution is 2.10. The smallest absolute Gasteiger partial charge is 0.143 e. The van der Waals surface area contributed by atoms with Gasteiger partial charge in [0.2, 0.25) is 0 Å². The maximum atomic E-state index is 10.5. The van der Waals surface area contributed by atoms with E-state index in [1.54, 1.807) is 0 Å². The molecule has 1 radical (unpaired) electrons. The highest BCUT2D eigenvalue weighted by Gasteiger charge is 2.14. The molecular formula is C7H15O2S. The van der Waals surface area contributed by atoms with E-state index in [9.17, 15) is 8.42 Å². The lowest BCUT2D eigenvalue weighted by Gasteiger charge is -2.11. The third kappa shape index (κ3) is 3.20. The van der Waals surface area contributed by atoms with Crippen LogP contribution in [-0.4, -0.2) is 13.7 Å². The van der Waals surface area contributed by atoms with E-state index in [0.29, 0.717) is 0 Å². The average molecular weight is 163 g/mol. The fourth-order valence-corrected chi connectivity index (χ4v) is 1.78. The van der Waals surface area contributed by atoms with E-state index in [4.69, 9.17) is 0 Å². The van der Waals surface area contributed by atoms with Crippen molar-refractivity contribution in [2.24, 2.45) is 5.92 Å². The Kier molecular flexibility index (Phi) is 4.69. The normalized spacial score (nSPS) is 14.5. The van der Waals surface area contributed by atoms with E-state index in [0.717, 1.165) is 12.8 Å². The lowest BCUT2D eigenvalue weighted by atomic mass is 10.1. The Morgan fingerprint density at radius 2 is 2.00 bits per heavy atom. The van der Waals surface area contributed by atoms with Crippen molar-refractivity contribution >= 4 is 10.7 Å². The van der Waals surface area contributed by atoms with Crippen LogP contribution in [0.15, 0.2) is 0 Å². The Hall–Kier alpha value is -0.0500. The van der Waals surface area contributed by atoms with Crippen molar-refractivity contribution in [3.8, 4) is 0 Å². The molecule has 0 rings (SSSR count). The second kappa shape index (κ2) is 4.72. The van der Waals surface area contributed by atoms with Crippen LogP contribution in [0, 0.1) is 12.8 Å². The molecule has 0 aliphatic carbocycles. The Labute approximate surface area is 64.6 Å². The Morgan fingerprint density at radius 1 is 1.50 bits per heavy atom. The molecule has 0 bridgehead atoms. The van der Waals surface area contributed by atoms with E-state index in [1.165, 1.54) is 0 Å². The summed E-state index contributed by atoms with van der Waals surface area (Å²) in [7, 11) is -2.27. The van der Waals surface area contributed by atoms with Gasteiger partial charge in [-0.25, -0.2) is 8.42 Å². The van der Waals surface area contributed by atoms with Gasteiger partial charge in [-0.05, 0) is 19.3 Å². The van der Waals surface area contributed by atoms with Crippen LogP contribution in [0.25, 0.3) is 0 Å². The first-order valence-corrected chi connectivity index (χ1v) is 4.80. The van der Waals surface area contributed by atoms with Crippen molar-refractivity contribution in [2.75, 3.05) is 0 Å². The monoisotopic (exact) mass is 163 g/mol. The van der Waals surface area contributed by atoms with Crippen molar-refractivity contribution in [3.05, 3.63) is 6.92 Å². The largest absolute Gasteiger partial charge is 0.232 e. The zero-order valence-electron chi connectivity index (χ0n) is 6.54. The van der Waals surface area contributed by atoms with Crippen LogP contribution in [0.5, 0.6) is 0 Å². The number of hydrogen-bond donors (Lipinski definition) is 1. The molecule has 2 atom stereocenters. The van der Waals surface area contributed by atoms with Crippen LogP contribution < -0.4 is 0 Å². The minimum Gasteiger partial charge on any atom is -0.232 e. The maximum absolute atomic E-state index is 10.5. The van der Waals surface area contributed by atoms with Gasteiger partial charge in [0, 0.05) is 0 Å². The first-order valence-electron chi connectivity index (χ1n) is 3.56. The van der Waals surface area contributed by atoms with Gasteiger partial charge < -0.3 is 0 Å². The number of rotatable bonds is 4. The molecule has 10 heavy (non-hydrogen) atoms. The zero-order chi connectivity index (χ0) is 8.15. The van der Waals surface area contributed by atoms with Crippen LogP contribution in [0.2, 0.25) is 0 Å². The molecule has 0 heterocycles. The molecule has 0 N–H and O–H groups in total. The average Bonchev–Trinajstić information content (AvgIpc) is 1.81. The van der Waals surface area contributed by atoms with Gasteiger partial charge in [0.1, 0.15) is 10.7 Å². The van der Waals surface area contributed by atoms with Gasteiger partial charge in [-0.3, -0.25) is 0 Å². The molecular weight excluding hydrogens is 148 g/mol. The molecule has 0 amide bonds. The molecule has 2 nitrogen and oxygen atoms in total. The quantitative estimate of drug-likeness (QED) is 0.633. The van der Waals surface area contributed by atoms with Gasteiger partial charge in [-0.1, -0.05) is 20.3 Å². The van der Waals surface area contributed by atoms with Crippen LogP contribution >= 0.6 is 0 Å². The summed E-state index contributed by atoms with van der Waals surface area (Å²) in [6, 6.07) is 0. The van der Waals surface area contributed by atoms with Crippen LogP contribution in [0.1, 0.15) is 26.7 Å². The third-order valence-corrected chi connectivity index (χ3v) is 2.82. The summed E-state index contributed by atoms with van der Waals surface area (Å²) < 4.78 is 21.1. The minimum absolute atomic E-state index is 0.0149. The molecule has 0 aromatic carbocycles.